The Balaban J connectivity index is 1.86. The summed E-state index contributed by atoms with van der Waals surface area (Å²) in [5, 5.41) is 0.420. The molecule has 8 nitrogen and oxygen atoms in total. The molecule has 0 atom stereocenters. The Morgan fingerprint density at radius 1 is 1.19 bits per heavy atom. The smallest absolute Gasteiger partial charge is 0.278 e. The van der Waals surface area contributed by atoms with E-state index in [1.165, 1.54) is 0 Å². The Bertz CT molecular complexity index is 1280. The number of nitrogens with two attached hydrogens (primary N) is 1. The number of benzene rings is 2. The number of hydrazine groups is 1. The van der Waals surface area contributed by atoms with Gasteiger partial charge < -0.3 is 9.72 Å². The molecule has 0 bridgehead atoms. The Morgan fingerprint density at radius 3 is 2.68 bits per heavy atom. The molecule has 4 N–H and O–H groups in total. The summed E-state index contributed by atoms with van der Waals surface area (Å²) < 4.78 is 6.97. The number of carbonyl (C=O) groups is 1. The van der Waals surface area contributed by atoms with Gasteiger partial charge in [-0.1, -0.05) is 60.3 Å². The van der Waals surface area contributed by atoms with E-state index in [2.05, 4.69) is 10.4 Å². The van der Waals surface area contributed by atoms with Crippen molar-refractivity contribution in [3.8, 4) is 16.9 Å². The lowest BCUT2D eigenvalue weighted by atomic mass is 10.1. The lowest BCUT2D eigenvalue weighted by Crippen LogP contribution is -2.32. The van der Waals surface area contributed by atoms with Gasteiger partial charge in [-0.05, 0) is 11.6 Å². The summed E-state index contributed by atoms with van der Waals surface area (Å²) in [5.74, 6) is 5.56. The highest BCUT2D eigenvalue weighted by Crippen LogP contribution is 2.28. The van der Waals surface area contributed by atoms with Crippen molar-refractivity contribution >= 4 is 28.7 Å². The van der Waals surface area contributed by atoms with Gasteiger partial charge in [0.2, 0.25) is 5.91 Å². The van der Waals surface area contributed by atoms with Gasteiger partial charge in [0.25, 0.3) is 5.56 Å². The SMILES string of the molecule is COc1ccccc1Cn1c(SCC(=O)NN)nc2c(-c3ccccc3)c[nH]c2c1=O. The van der Waals surface area contributed by atoms with Crippen molar-refractivity contribution in [2.45, 2.75) is 11.7 Å². The van der Waals surface area contributed by atoms with E-state index in [1.807, 2.05) is 54.6 Å². The minimum Gasteiger partial charge on any atom is -0.496 e. The molecule has 2 aromatic carbocycles. The van der Waals surface area contributed by atoms with Crippen molar-refractivity contribution in [2.24, 2.45) is 5.84 Å². The van der Waals surface area contributed by atoms with Gasteiger partial charge in [-0.3, -0.25) is 19.6 Å². The normalized spacial score (nSPS) is 10.9. The maximum absolute atomic E-state index is 13.4. The number of methoxy groups -OCH3 is 1. The lowest BCUT2D eigenvalue weighted by Gasteiger charge is -2.14. The fourth-order valence-electron chi connectivity index (χ4n) is 3.34. The van der Waals surface area contributed by atoms with Crippen LogP contribution in [0.4, 0.5) is 0 Å². The zero-order chi connectivity index (χ0) is 21.8. The van der Waals surface area contributed by atoms with Gasteiger partial charge in [-0.2, -0.15) is 0 Å². The molecule has 4 rings (SSSR count). The molecule has 2 heterocycles. The quantitative estimate of drug-likeness (QED) is 0.135. The van der Waals surface area contributed by atoms with Crippen molar-refractivity contribution in [3.05, 3.63) is 76.7 Å². The van der Waals surface area contributed by atoms with Crippen LogP contribution in [0.2, 0.25) is 0 Å². The van der Waals surface area contributed by atoms with Gasteiger partial charge in [-0.15, -0.1) is 0 Å². The average molecular weight is 436 g/mol. The Kier molecular flexibility index (Phi) is 6.06. The number of aromatic amines is 1. The first-order valence-corrected chi connectivity index (χ1v) is 10.5. The summed E-state index contributed by atoms with van der Waals surface area (Å²) in [7, 11) is 1.58. The number of amides is 1. The molecule has 1 amide bonds. The molecule has 158 valence electrons. The predicted molar refractivity (Wildman–Crippen MR) is 121 cm³/mol. The van der Waals surface area contributed by atoms with Crippen LogP contribution in [-0.2, 0) is 11.3 Å². The third-order valence-electron chi connectivity index (χ3n) is 4.85. The highest BCUT2D eigenvalue weighted by Gasteiger charge is 2.18. The molecule has 0 saturated heterocycles. The molecule has 0 unspecified atom stereocenters. The van der Waals surface area contributed by atoms with Crippen molar-refractivity contribution in [1.82, 2.24) is 20.0 Å². The number of ether oxygens (including phenoxy) is 1. The van der Waals surface area contributed by atoms with E-state index >= 15 is 0 Å². The fourth-order valence-corrected chi connectivity index (χ4v) is 4.14. The van der Waals surface area contributed by atoms with Crippen molar-refractivity contribution in [3.63, 3.8) is 0 Å². The molecule has 2 aromatic heterocycles. The first-order valence-electron chi connectivity index (χ1n) is 9.54. The van der Waals surface area contributed by atoms with Crippen LogP contribution in [0.5, 0.6) is 5.75 Å². The number of rotatable bonds is 7. The van der Waals surface area contributed by atoms with Gasteiger partial charge in [0, 0.05) is 17.3 Å². The minimum absolute atomic E-state index is 0.0332. The zero-order valence-electron chi connectivity index (χ0n) is 16.8. The highest BCUT2D eigenvalue weighted by molar-refractivity contribution is 7.99. The molecule has 9 heteroatoms. The van der Waals surface area contributed by atoms with E-state index in [-0.39, 0.29) is 23.8 Å². The highest BCUT2D eigenvalue weighted by atomic mass is 32.2. The third kappa shape index (κ3) is 4.18. The maximum Gasteiger partial charge on any atom is 0.278 e. The number of nitrogens with one attached hydrogen (secondary N) is 2. The summed E-state index contributed by atoms with van der Waals surface area (Å²) in [6.45, 7) is 0.248. The molecule has 0 aliphatic rings. The van der Waals surface area contributed by atoms with Crippen LogP contribution < -0.4 is 21.6 Å². The molecular weight excluding hydrogens is 414 g/mol. The number of para-hydroxylation sites is 1. The molecule has 0 aliphatic heterocycles. The van der Waals surface area contributed by atoms with E-state index in [0.717, 1.165) is 28.5 Å². The summed E-state index contributed by atoms with van der Waals surface area (Å²) in [5.41, 5.74) is 5.43. The fraction of sp³-hybridized carbons (Fsp3) is 0.136. The topological polar surface area (TPSA) is 115 Å². The van der Waals surface area contributed by atoms with Crippen LogP contribution in [0.1, 0.15) is 5.56 Å². The number of carbonyl (C=O) groups excluding carboxylic acids is 1. The van der Waals surface area contributed by atoms with Crippen LogP contribution in [0.3, 0.4) is 0 Å². The molecular formula is C22H21N5O3S. The molecule has 31 heavy (non-hydrogen) atoms. The number of H-pyrrole nitrogens is 1. The van der Waals surface area contributed by atoms with Crippen LogP contribution in [0.25, 0.3) is 22.2 Å². The van der Waals surface area contributed by atoms with E-state index in [1.54, 1.807) is 17.9 Å². The minimum atomic E-state index is -0.361. The number of hydrogen-bond acceptors (Lipinski definition) is 6. The van der Waals surface area contributed by atoms with Crippen molar-refractivity contribution in [2.75, 3.05) is 12.9 Å². The number of aromatic nitrogens is 3. The number of hydrogen-bond donors (Lipinski definition) is 3. The van der Waals surface area contributed by atoms with Crippen LogP contribution in [-0.4, -0.2) is 33.3 Å². The molecule has 4 aromatic rings. The van der Waals surface area contributed by atoms with Gasteiger partial charge in [0.15, 0.2) is 5.16 Å². The first-order chi connectivity index (χ1) is 15.1. The second kappa shape index (κ2) is 9.07. The average Bonchev–Trinajstić information content (AvgIpc) is 3.24. The Labute approximate surface area is 182 Å². The molecule has 0 aliphatic carbocycles. The number of fused-ring (bicyclic) bond motifs is 1. The largest absolute Gasteiger partial charge is 0.496 e. The Morgan fingerprint density at radius 2 is 1.94 bits per heavy atom. The zero-order valence-corrected chi connectivity index (χ0v) is 17.6. The van der Waals surface area contributed by atoms with Gasteiger partial charge in [-0.25, -0.2) is 10.8 Å². The number of thioether (sulfide) groups is 1. The summed E-state index contributed by atoms with van der Waals surface area (Å²) in [6.07, 6.45) is 1.78. The summed E-state index contributed by atoms with van der Waals surface area (Å²) in [6, 6.07) is 17.2. The Hall–Kier alpha value is -3.56. The van der Waals surface area contributed by atoms with E-state index in [9.17, 15) is 9.59 Å². The summed E-state index contributed by atoms with van der Waals surface area (Å²) in [4.78, 5) is 33.0. The standard InChI is InChI=1S/C22H21N5O3S/c1-30-17-10-6-5-9-15(17)12-27-21(29)20-19(25-22(27)31-13-18(28)26-23)16(11-24-20)14-7-3-2-4-8-14/h2-11,24H,12-13,23H2,1H3,(H,26,28). The van der Waals surface area contributed by atoms with Crippen LogP contribution >= 0.6 is 11.8 Å². The molecule has 0 saturated carbocycles. The molecule has 0 fully saturated rings. The van der Waals surface area contributed by atoms with Crippen molar-refractivity contribution < 1.29 is 9.53 Å². The second-order valence-corrected chi connectivity index (χ2v) is 7.69. The monoisotopic (exact) mass is 435 g/mol. The molecule has 0 spiro atoms. The van der Waals surface area contributed by atoms with Gasteiger partial charge in [0.05, 0.1) is 19.4 Å². The van der Waals surface area contributed by atoms with E-state index < -0.39 is 0 Å². The second-order valence-electron chi connectivity index (χ2n) is 6.75. The molecule has 0 radical (unpaired) electrons. The lowest BCUT2D eigenvalue weighted by molar-refractivity contribution is -0.118. The predicted octanol–water partition coefficient (Wildman–Crippen LogP) is 2.53. The van der Waals surface area contributed by atoms with E-state index in [4.69, 9.17) is 15.6 Å². The van der Waals surface area contributed by atoms with Crippen LogP contribution in [0.15, 0.2) is 70.7 Å². The third-order valence-corrected chi connectivity index (χ3v) is 5.83. The first kappa shape index (κ1) is 20.7. The van der Waals surface area contributed by atoms with Crippen LogP contribution in [0, 0.1) is 0 Å². The van der Waals surface area contributed by atoms with Gasteiger partial charge >= 0.3 is 0 Å². The van der Waals surface area contributed by atoms with Crippen molar-refractivity contribution in [1.29, 1.82) is 0 Å². The summed E-state index contributed by atoms with van der Waals surface area (Å²) >= 11 is 1.15. The van der Waals surface area contributed by atoms with Gasteiger partial charge in [0.1, 0.15) is 16.8 Å². The van der Waals surface area contributed by atoms with E-state index in [0.29, 0.717) is 21.9 Å². The number of nitrogens with zero attached hydrogens (tertiary/aromatic N) is 2. The maximum atomic E-state index is 13.4.